The molecular formula is C7H4F3IO. The molecule has 0 bridgehead atoms. The maximum atomic E-state index is 12.1. The molecule has 0 fully saturated rings. The highest BCUT2D eigenvalue weighted by Crippen LogP contribution is 2.34. The molecule has 1 nitrogen and oxygen atoms in total. The molecule has 0 heterocycles. The maximum absolute atomic E-state index is 12.1. The normalized spacial score (nSPS) is 11.7. The van der Waals surface area contributed by atoms with Gasteiger partial charge in [-0.05, 0) is 40.8 Å². The van der Waals surface area contributed by atoms with Crippen LogP contribution in [0.4, 0.5) is 13.2 Å². The molecule has 12 heavy (non-hydrogen) atoms. The minimum atomic E-state index is -4.39. The predicted molar refractivity (Wildman–Crippen MR) is 45.8 cm³/mol. The highest BCUT2D eigenvalue weighted by molar-refractivity contribution is 14.1. The molecule has 0 aliphatic heterocycles. The van der Waals surface area contributed by atoms with Crippen molar-refractivity contribution in [1.29, 1.82) is 0 Å². The topological polar surface area (TPSA) is 20.2 Å². The second kappa shape index (κ2) is 3.12. The highest BCUT2D eigenvalue weighted by Gasteiger charge is 2.33. The second-order valence-corrected chi connectivity index (χ2v) is 3.32. The van der Waals surface area contributed by atoms with Gasteiger partial charge in [-0.25, -0.2) is 0 Å². The van der Waals surface area contributed by atoms with E-state index in [1.54, 1.807) is 22.6 Å². The van der Waals surface area contributed by atoms with Gasteiger partial charge in [0.05, 0.1) is 5.56 Å². The van der Waals surface area contributed by atoms with E-state index in [0.717, 1.165) is 0 Å². The number of halogens is 4. The minimum absolute atomic E-state index is 0.0814. The van der Waals surface area contributed by atoms with Gasteiger partial charge < -0.3 is 5.11 Å². The Hall–Kier alpha value is -0.460. The van der Waals surface area contributed by atoms with Crippen LogP contribution in [0.2, 0.25) is 0 Å². The monoisotopic (exact) mass is 288 g/mol. The first kappa shape index (κ1) is 9.63. The third-order valence-electron chi connectivity index (χ3n) is 1.26. The molecule has 0 radical (unpaired) electrons. The number of alkyl halides is 3. The van der Waals surface area contributed by atoms with Crippen LogP contribution >= 0.6 is 22.6 Å². The van der Waals surface area contributed by atoms with Gasteiger partial charge in [0.2, 0.25) is 0 Å². The largest absolute Gasteiger partial charge is 0.508 e. The fraction of sp³-hybridized carbons (Fsp3) is 0.143. The number of hydrogen-bond acceptors (Lipinski definition) is 1. The van der Waals surface area contributed by atoms with Gasteiger partial charge in [-0.1, -0.05) is 0 Å². The van der Waals surface area contributed by atoms with E-state index >= 15 is 0 Å². The Kier molecular flexibility index (Phi) is 2.50. The van der Waals surface area contributed by atoms with Gasteiger partial charge in [-0.2, -0.15) is 13.2 Å². The number of hydrogen-bond donors (Lipinski definition) is 1. The van der Waals surface area contributed by atoms with E-state index in [2.05, 4.69) is 0 Å². The van der Waals surface area contributed by atoms with Crippen LogP contribution in [-0.4, -0.2) is 5.11 Å². The van der Waals surface area contributed by atoms with Crippen molar-refractivity contribution in [2.24, 2.45) is 0 Å². The van der Waals surface area contributed by atoms with E-state index in [9.17, 15) is 13.2 Å². The molecule has 66 valence electrons. The molecule has 5 heteroatoms. The van der Waals surface area contributed by atoms with Gasteiger partial charge in [-0.15, -0.1) is 0 Å². The van der Waals surface area contributed by atoms with Crippen LogP contribution in [0.1, 0.15) is 5.56 Å². The van der Waals surface area contributed by atoms with Gasteiger partial charge in [0.25, 0.3) is 0 Å². The zero-order chi connectivity index (χ0) is 9.35. The third kappa shape index (κ3) is 2.02. The van der Waals surface area contributed by atoms with E-state index in [-0.39, 0.29) is 9.32 Å². The van der Waals surface area contributed by atoms with Gasteiger partial charge in [0, 0.05) is 3.57 Å². The minimum Gasteiger partial charge on any atom is -0.508 e. The molecule has 1 aromatic carbocycles. The number of rotatable bonds is 0. The SMILES string of the molecule is Oc1ccc(I)c(C(F)(F)F)c1. The number of aromatic hydroxyl groups is 1. The first-order chi connectivity index (χ1) is 5.41. The summed E-state index contributed by atoms with van der Waals surface area (Å²) in [4.78, 5) is 0. The zero-order valence-electron chi connectivity index (χ0n) is 5.69. The van der Waals surface area contributed by atoms with E-state index in [1.165, 1.54) is 12.1 Å². The Morgan fingerprint density at radius 1 is 1.25 bits per heavy atom. The van der Waals surface area contributed by atoms with Crippen LogP contribution in [0, 0.1) is 3.57 Å². The van der Waals surface area contributed by atoms with Crippen LogP contribution < -0.4 is 0 Å². The quantitative estimate of drug-likeness (QED) is 0.728. The van der Waals surface area contributed by atoms with Crippen LogP contribution in [0.3, 0.4) is 0 Å². The number of phenolic OH excluding ortho intramolecular Hbond substituents is 1. The van der Waals surface area contributed by atoms with Crippen molar-refractivity contribution in [3.63, 3.8) is 0 Å². The van der Waals surface area contributed by atoms with Gasteiger partial charge in [0.15, 0.2) is 0 Å². The summed E-state index contributed by atoms with van der Waals surface area (Å²) < 4.78 is 36.4. The Labute approximate surface area is 80.3 Å². The molecule has 0 spiro atoms. The van der Waals surface area contributed by atoms with Gasteiger partial charge >= 0.3 is 6.18 Å². The molecule has 1 rings (SSSR count). The first-order valence-corrected chi connectivity index (χ1v) is 4.05. The first-order valence-electron chi connectivity index (χ1n) is 2.97. The molecule has 0 amide bonds. The summed E-state index contributed by atoms with van der Waals surface area (Å²) in [5, 5.41) is 8.80. The Bertz CT molecular complexity index is 295. The maximum Gasteiger partial charge on any atom is 0.417 e. The Morgan fingerprint density at radius 3 is 2.25 bits per heavy atom. The van der Waals surface area contributed by atoms with Crippen LogP contribution in [-0.2, 0) is 6.18 Å². The molecular weight excluding hydrogens is 284 g/mol. The standard InChI is InChI=1S/C7H4F3IO/c8-7(9,10)5-3-4(12)1-2-6(5)11/h1-3,12H. The molecule has 0 aromatic heterocycles. The molecule has 0 saturated heterocycles. The van der Waals surface area contributed by atoms with Gasteiger partial charge in [0.1, 0.15) is 5.75 Å². The summed E-state index contributed by atoms with van der Waals surface area (Å²) >= 11 is 1.57. The average Bonchev–Trinajstić information content (AvgIpc) is 1.92. The highest BCUT2D eigenvalue weighted by atomic mass is 127. The number of benzene rings is 1. The lowest BCUT2D eigenvalue weighted by Crippen LogP contribution is -2.06. The van der Waals surface area contributed by atoms with Crippen LogP contribution in [0.25, 0.3) is 0 Å². The molecule has 0 unspecified atom stereocenters. The smallest absolute Gasteiger partial charge is 0.417 e. The zero-order valence-corrected chi connectivity index (χ0v) is 7.85. The fourth-order valence-electron chi connectivity index (χ4n) is 0.730. The van der Waals surface area contributed by atoms with Crippen molar-refractivity contribution < 1.29 is 18.3 Å². The predicted octanol–water partition coefficient (Wildman–Crippen LogP) is 3.02. The molecule has 0 atom stereocenters. The summed E-state index contributed by atoms with van der Waals surface area (Å²) in [5.41, 5.74) is -0.803. The van der Waals surface area contributed by atoms with Crippen LogP contribution in [0.5, 0.6) is 5.75 Å². The molecule has 1 aromatic rings. The van der Waals surface area contributed by atoms with E-state index in [4.69, 9.17) is 5.11 Å². The lowest BCUT2D eigenvalue weighted by molar-refractivity contribution is -0.138. The summed E-state index contributed by atoms with van der Waals surface area (Å²) in [5.74, 6) is -0.372. The van der Waals surface area contributed by atoms with E-state index in [0.29, 0.717) is 6.07 Å². The summed E-state index contributed by atoms with van der Waals surface area (Å²) in [6, 6.07) is 3.15. The third-order valence-corrected chi connectivity index (χ3v) is 2.20. The lowest BCUT2D eigenvalue weighted by atomic mass is 10.2. The lowest BCUT2D eigenvalue weighted by Gasteiger charge is -2.08. The Morgan fingerprint density at radius 2 is 1.83 bits per heavy atom. The second-order valence-electron chi connectivity index (χ2n) is 2.16. The Balaban J connectivity index is 3.23. The van der Waals surface area contributed by atoms with Crippen LogP contribution in [0.15, 0.2) is 18.2 Å². The molecule has 1 N–H and O–H groups in total. The summed E-state index contributed by atoms with van der Waals surface area (Å²) in [6.45, 7) is 0. The van der Waals surface area contributed by atoms with Crippen molar-refractivity contribution in [1.82, 2.24) is 0 Å². The van der Waals surface area contributed by atoms with Crippen molar-refractivity contribution in [3.05, 3.63) is 27.3 Å². The molecule has 0 aliphatic carbocycles. The van der Waals surface area contributed by atoms with Crippen molar-refractivity contribution in [2.75, 3.05) is 0 Å². The number of phenols is 1. The fourth-order valence-corrected chi connectivity index (χ4v) is 1.37. The summed E-state index contributed by atoms with van der Waals surface area (Å²) in [6.07, 6.45) is -4.39. The van der Waals surface area contributed by atoms with Crippen molar-refractivity contribution in [3.8, 4) is 5.75 Å². The molecule has 0 aliphatic rings. The van der Waals surface area contributed by atoms with Gasteiger partial charge in [-0.3, -0.25) is 0 Å². The van der Waals surface area contributed by atoms with Crippen molar-refractivity contribution in [2.45, 2.75) is 6.18 Å². The average molecular weight is 288 g/mol. The van der Waals surface area contributed by atoms with E-state index < -0.39 is 11.7 Å². The molecule has 0 saturated carbocycles. The van der Waals surface area contributed by atoms with E-state index in [1.807, 2.05) is 0 Å². The summed E-state index contributed by atoms with van der Waals surface area (Å²) in [7, 11) is 0. The van der Waals surface area contributed by atoms with Crippen molar-refractivity contribution >= 4 is 22.6 Å².